The summed E-state index contributed by atoms with van der Waals surface area (Å²) < 4.78 is 13.2. The predicted molar refractivity (Wildman–Crippen MR) is 73.7 cm³/mol. The molecule has 0 radical (unpaired) electrons. The maximum Gasteiger partial charge on any atom is 0.125 e. The summed E-state index contributed by atoms with van der Waals surface area (Å²) >= 11 is 0. The van der Waals surface area contributed by atoms with Gasteiger partial charge in [-0.3, -0.25) is 0 Å². The number of aliphatic hydroxyl groups excluding tert-OH is 1. The molecule has 2 nitrogen and oxygen atoms in total. The second kappa shape index (κ2) is 4.67. The molecule has 0 spiro atoms. The Morgan fingerprint density at radius 2 is 1.74 bits per heavy atom. The Bertz CT molecular complexity index is 572. The third kappa shape index (κ3) is 2.34. The van der Waals surface area contributed by atoms with E-state index in [4.69, 9.17) is 0 Å². The van der Waals surface area contributed by atoms with Gasteiger partial charge in [0, 0.05) is 5.69 Å². The van der Waals surface area contributed by atoms with E-state index in [1.165, 1.54) is 23.3 Å². The summed E-state index contributed by atoms with van der Waals surface area (Å²) in [4.78, 5) is 0. The molecule has 0 unspecified atom stereocenters. The van der Waals surface area contributed by atoms with Crippen LogP contribution in [0.15, 0.2) is 48.5 Å². The molecule has 3 rings (SSSR count). The van der Waals surface area contributed by atoms with Gasteiger partial charge >= 0.3 is 0 Å². The van der Waals surface area contributed by atoms with Crippen LogP contribution in [0.2, 0.25) is 0 Å². The van der Waals surface area contributed by atoms with Crippen LogP contribution < -0.4 is 5.32 Å². The van der Waals surface area contributed by atoms with E-state index in [0.717, 1.165) is 12.8 Å². The number of hydrogen-bond acceptors (Lipinski definition) is 2. The minimum absolute atomic E-state index is 0.0260. The molecule has 1 aliphatic carbocycles. The topological polar surface area (TPSA) is 32.3 Å². The van der Waals surface area contributed by atoms with Gasteiger partial charge < -0.3 is 10.4 Å². The molecule has 0 bridgehead atoms. The van der Waals surface area contributed by atoms with Gasteiger partial charge in [-0.1, -0.05) is 30.3 Å². The molecule has 2 N–H and O–H groups in total. The summed E-state index contributed by atoms with van der Waals surface area (Å²) in [5.74, 6) is -0.270. The monoisotopic (exact) mass is 257 g/mol. The summed E-state index contributed by atoms with van der Waals surface area (Å²) in [5, 5.41) is 13.1. The smallest absolute Gasteiger partial charge is 0.125 e. The van der Waals surface area contributed by atoms with Gasteiger partial charge in [0.05, 0.1) is 12.1 Å². The van der Waals surface area contributed by atoms with E-state index < -0.39 is 5.54 Å². The first kappa shape index (κ1) is 12.2. The predicted octanol–water partition coefficient (Wildman–Crippen LogP) is 2.77. The lowest BCUT2D eigenvalue weighted by molar-refractivity contribution is 0.216. The van der Waals surface area contributed by atoms with Crippen LogP contribution >= 0.6 is 0 Å². The van der Waals surface area contributed by atoms with Gasteiger partial charge in [-0.15, -0.1) is 0 Å². The number of halogens is 1. The zero-order valence-corrected chi connectivity index (χ0v) is 10.6. The van der Waals surface area contributed by atoms with Crippen LogP contribution in [0.25, 0.3) is 0 Å². The van der Waals surface area contributed by atoms with E-state index in [1.54, 1.807) is 6.07 Å². The normalized spacial score (nSPS) is 16.1. The number of fused-ring (bicyclic) bond motifs is 1. The van der Waals surface area contributed by atoms with Crippen LogP contribution in [-0.4, -0.2) is 17.3 Å². The standard InChI is InChI=1S/C16H16FNO/c17-14-6-3-7-15(8-14)18-16(11-19)9-12-4-1-2-5-13(12)10-16/h1-8,18-19H,9-11H2. The number of anilines is 1. The van der Waals surface area contributed by atoms with Crippen molar-refractivity contribution in [3.8, 4) is 0 Å². The van der Waals surface area contributed by atoms with Crippen LogP contribution in [0.3, 0.4) is 0 Å². The van der Waals surface area contributed by atoms with Crippen LogP contribution in [0.5, 0.6) is 0 Å². The van der Waals surface area contributed by atoms with Crippen molar-refractivity contribution in [2.24, 2.45) is 0 Å². The molecule has 2 aromatic carbocycles. The SMILES string of the molecule is OCC1(Nc2cccc(F)c2)Cc2ccccc2C1. The third-order valence-electron chi connectivity index (χ3n) is 3.71. The molecule has 3 heteroatoms. The first-order chi connectivity index (χ1) is 9.21. The fourth-order valence-electron chi connectivity index (χ4n) is 2.81. The van der Waals surface area contributed by atoms with Crippen molar-refractivity contribution in [3.63, 3.8) is 0 Å². The summed E-state index contributed by atoms with van der Waals surface area (Å²) in [6.07, 6.45) is 1.52. The average Bonchev–Trinajstić information content (AvgIpc) is 2.77. The van der Waals surface area contributed by atoms with Crippen molar-refractivity contribution < 1.29 is 9.50 Å². The molecule has 0 aliphatic heterocycles. The Balaban J connectivity index is 1.87. The first-order valence-corrected chi connectivity index (χ1v) is 6.42. The number of benzene rings is 2. The average molecular weight is 257 g/mol. The van der Waals surface area contributed by atoms with E-state index in [2.05, 4.69) is 17.4 Å². The highest BCUT2D eigenvalue weighted by Gasteiger charge is 2.36. The Morgan fingerprint density at radius 1 is 1.05 bits per heavy atom. The number of aliphatic hydroxyl groups is 1. The zero-order chi connectivity index (χ0) is 13.3. The van der Waals surface area contributed by atoms with E-state index >= 15 is 0 Å². The van der Waals surface area contributed by atoms with Crippen molar-refractivity contribution in [3.05, 3.63) is 65.5 Å². The van der Waals surface area contributed by atoms with Gasteiger partial charge in [-0.25, -0.2) is 4.39 Å². The van der Waals surface area contributed by atoms with Gasteiger partial charge in [0.1, 0.15) is 5.82 Å². The highest BCUT2D eigenvalue weighted by atomic mass is 19.1. The highest BCUT2D eigenvalue weighted by Crippen LogP contribution is 2.32. The van der Waals surface area contributed by atoms with Crippen LogP contribution in [0.1, 0.15) is 11.1 Å². The maximum absolute atomic E-state index is 13.2. The van der Waals surface area contributed by atoms with Gasteiger partial charge in [-0.05, 0) is 42.2 Å². The first-order valence-electron chi connectivity index (χ1n) is 6.42. The van der Waals surface area contributed by atoms with Gasteiger partial charge in [0.2, 0.25) is 0 Å². The van der Waals surface area contributed by atoms with Crippen LogP contribution in [0.4, 0.5) is 10.1 Å². The molecule has 0 fully saturated rings. The third-order valence-corrected chi connectivity index (χ3v) is 3.71. The van der Waals surface area contributed by atoms with Crippen molar-refractivity contribution in [1.82, 2.24) is 0 Å². The van der Waals surface area contributed by atoms with E-state index in [-0.39, 0.29) is 12.4 Å². The van der Waals surface area contributed by atoms with Gasteiger partial charge in [-0.2, -0.15) is 0 Å². The minimum atomic E-state index is -0.419. The number of hydrogen-bond donors (Lipinski definition) is 2. The summed E-state index contributed by atoms with van der Waals surface area (Å²) in [5.41, 5.74) is 2.79. The van der Waals surface area contributed by atoms with E-state index in [9.17, 15) is 9.50 Å². The minimum Gasteiger partial charge on any atom is -0.394 e. The lowest BCUT2D eigenvalue weighted by atomic mass is 9.96. The van der Waals surface area contributed by atoms with Crippen molar-refractivity contribution in [2.45, 2.75) is 18.4 Å². The maximum atomic E-state index is 13.2. The Hall–Kier alpha value is -1.87. The van der Waals surface area contributed by atoms with Crippen molar-refractivity contribution in [1.29, 1.82) is 0 Å². The zero-order valence-electron chi connectivity index (χ0n) is 10.6. The largest absolute Gasteiger partial charge is 0.394 e. The molecule has 2 aromatic rings. The van der Waals surface area contributed by atoms with Gasteiger partial charge in [0.15, 0.2) is 0 Å². The molecular formula is C16H16FNO. The Morgan fingerprint density at radius 3 is 2.32 bits per heavy atom. The molecule has 19 heavy (non-hydrogen) atoms. The molecular weight excluding hydrogens is 241 g/mol. The summed E-state index contributed by atoms with van der Waals surface area (Å²) in [6, 6.07) is 14.6. The van der Waals surface area contributed by atoms with Gasteiger partial charge in [0.25, 0.3) is 0 Å². The molecule has 0 aromatic heterocycles. The second-order valence-electron chi connectivity index (χ2n) is 5.20. The lowest BCUT2D eigenvalue weighted by Crippen LogP contribution is -2.43. The van der Waals surface area contributed by atoms with Crippen molar-refractivity contribution >= 4 is 5.69 Å². The Labute approximate surface area is 111 Å². The fourth-order valence-corrected chi connectivity index (χ4v) is 2.81. The molecule has 0 saturated heterocycles. The quantitative estimate of drug-likeness (QED) is 0.886. The number of rotatable bonds is 3. The molecule has 0 saturated carbocycles. The van der Waals surface area contributed by atoms with E-state index in [1.807, 2.05) is 18.2 Å². The summed E-state index contributed by atoms with van der Waals surface area (Å²) in [7, 11) is 0. The highest BCUT2D eigenvalue weighted by molar-refractivity contribution is 5.49. The van der Waals surface area contributed by atoms with Crippen LogP contribution in [-0.2, 0) is 12.8 Å². The Kier molecular flexibility index (Phi) is 2.99. The molecule has 0 atom stereocenters. The summed E-state index contributed by atoms with van der Waals surface area (Å²) in [6.45, 7) is 0.0260. The molecule has 1 aliphatic rings. The number of nitrogens with one attached hydrogen (secondary N) is 1. The molecule has 98 valence electrons. The van der Waals surface area contributed by atoms with Crippen molar-refractivity contribution in [2.75, 3.05) is 11.9 Å². The molecule has 0 heterocycles. The lowest BCUT2D eigenvalue weighted by Gasteiger charge is -2.29. The second-order valence-corrected chi connectivity index (χ2v) is 5.20. The van der Waals surface area contributed by atoms with E-state index in [0.29, 0.717) is 5.69 Å². The fraction of sp³-hybridized carbons (Fsp3) is 0.250. The van der Waals surface area contributed by atoms with Crippen LogP contribution in [0, 0.1) is 5.82 Å². The molecule has 0 amide bonds.